The highest BCUT2D eigenvalue weighted by molar-refractivity contribution is 5.87. The van der Waals surface area contributed by atoms with Crippen LogP contribution >= 0.6 is 0 Å². The molecule has 0 atom stereocenters. The van der Waals surface area contributed by atoms with Crippen LogP contribution in [0.4, 0.5) is 0 Å². The molecule has 1 aliphatic heterocycles. The van der Waals surface area contributed by atoms with Crippen molar-refractivity contribution in [3.8, 4) is 5.75 Å². The van der Waals surface area contributed by atoms with E-state index in [2.05, 4.69) is 23.2 Å². The van der Waals surface area contributed by atoms with Crippen LogP contribution in [0.15, 0.2) is 54.7 Å². The fourth-order valence-electron chi connectivity index (χ4n) is 4.07. The fraction of sp³-hybridized carbons (Fsp3) is 0.227. The molecule has 2 aromatic heterocycles. The second-order valence-corrected chi connectivity index (χ2v) is 7.06. The average Bonchev–Trinajstić information content (AvgIpc) is 3.28. The quantitative estimate of drug-likeness (QED) is 0.606. The number of ether oxygens (including phenoxy) is 1. The zero-order valence-electron chi connectivity index (χ0n) is 15.2. The second kappa shape index (κ2) is 6.20. The number of nitrogens with zero attached hydrogens (tertiary/aromatic N) is 2. The van der Waals surface area contributed by atoms with Crippen LogP contribution in [0.3, 0.4) is 0 Å². The number of para-hydroxylation sites is 1. The number of hydrogen-bond donors (Lipinski definition) is 1. The lowest BCUT2D eigenvalue weighted by atomic mass is 10.0. The Hall–Kier alpha value is -3.21. The number of amides is 1. The van der Waals surface area contributed by atoms with Crippen LogP contribution in [0, 0.1) is 0 Å². The Bertz CT molecular complexity index is 1160. The summed E-state index contributed by atoms with van der Waals surface area (Å²) in [6.45, 7) is 1.78. The number of aromatic amines is 1. The maximum atomic E-state index is 13.0. The SMILES string of the molecule is COc1ccc2c(ccn2CC(=O)N2CCc3[nH]c4ccccc4c3C2)c1. The molecule has 27 heavy (non-hydrogen) atoms. The molecule has 0 saturated heterocycles. The average molecular weight is 359 g/mol. The van der Waals surface area contributed by atoms with Gasteiger partial charge in [-0.05, 0) is 30.3 Å². The van der Waals surface area contributed by atoms with Gasteiger partial charge in [-0.2, -0.15) is 0 Å². The summed E-state index contributed by atoms with van der Waals surface area (Å²) in [5, 5.41) is 2.31. The van der Waals surface area contributed by atoms with E-state index >= 15 is 0 Å². The molecule has 5 rings (SSSR count). The molecule has 0 spiro atoms. The minimum Gasteiger partial charge on any atom is -0.497 e. The van der Waals surface area contributed by atoms with Crippen molar-refractivity contribution in [2.75, 3.05) is 13.7 Å². The highest BCUT2D eigenvalue weighted by Crippen LogP contribution is 2.28. The molecule has 1 amide bonds. The second-order valence-electron chi connectivity index (χ2n) is 7.06. The monoisotopic (exact) mass is 359 g/mol. The number of rotatable bonds is 3. The molecule has 5 heteroatoms. The summed E-state index contributed by atoms with van der Waals surface area (Å²) in [6.07, 6.45) is 2.85. The number of fused-ring (bicyclic) bond motifs is 4. The minimum atomic E-state index is 0.152. The van der Waals surface area contributed by atoms with Crippen molar-refractivity contribution in [1.29, 1.82) is 0 Å². The third kappa shape index (κ3) is 2.67. The molecule has 0 aliphatic carbocycles. The van der Waals surface area contributed by atoms with Gasteiger partial charge in [0.25, 0.3) is 0 Å². The first-order valence-corrected chi connectivity index (χ1v) is 9.22. The molecule has 1 aliphatic rings. The first kappa shape index (κ1) is 16.0. The van der Waals surface area contributed by atoms with Gasteiger partial charge >= 0.3 is 0 Å². The molecule has 0 saturated carbocycles. The molecular formula is C22H21N3O2. The standard InChI is InChI=1S/C22H21N3O2/c1-27-16-6-7-21-15(12-16)8-10-24(21)14-22(26)25-11-9-20-18(13-25)17-4-2-3-5-19(17)23-20/h2-8,10,12,23H,9,11,13-14H2,1H3. The number of aromatic nitrogens is 2. The number of benzene rings is 2. The van der Waals surface area contributed by atoms with E-state index in [1.54, 1.807) is 7.11 Å². The third-order valence-electron chi connectivity index (χ3n) is 5.52. The van der Waals surface area contributed by atoms with Crippen molar-refractivity contribution >= 4 is 27.7 Å². The molecule has 0 fully saturated rings. The van der Waals surface area contributed by atoms with Crippen LogP contribution in [-0.4, -0.2) is 34.0 Å². The summed E-state index contributed by atoms with van der Waals surface area (Å²) in [5.74, 6) is 0.980. The van der Waals surface area contributed by atoms with Gasteiger partial charge in [0.05, 0.1) is 7.11 Å². The Morgan fingerprint density at radius 1 is 1.19 bits per heavy atom. The van der Waals surface area contributed by atoms with Gasteiger partial charge in [-0.25, -0.2) is 0 Å². The van der Waals surface area contributed by atoms with Gasteiger partial charge in [-0.3, -0.25) is 4.79 Å². The molecule has 0 radical (unpaired) electrons. The Balaban J connectivity index is 1.39. The molecule has 3 heterocycles. The summed E-state index contributed by atoms with van der Waals surface area (Å²) < 4.78 is 7.30. The van der Waals surface area contributed by atoms with Gasteiger partial charge in [0.2, 0.25) is 5.91 Å². The van der Waals surface area contributed by atoms with Crippen molar-refractivity contribution in [2.45, 2.75) is 19.5 Å². The number of H-pyrrole nitrogens is 1. The Kier molecular flexibility index (Phi) is 3.67. The largest absolute Gasteiger partial charge is 0.497 e. The molecule has 136 valence electrons. The third-order valence-corrected chi connectivity index (χ3v) is 5.52. The van der Waals surface area contributed by atoms with E-state index in [4.69, 9.17) is 4.74 Å². The lowest BCUT2D eigenvalue weighted by Gasteiger charge is -2.27. The molecule has 0 bridgehead atoms. The van der Waals surface area contributed by atoms with Gasteiger partial charge in [-0.15, -0.1) is 0 Å². The predicted molar refractivity (Wildman–Crippen MR) is 106 cm³/mol. The summed E-state index contributed by atoms with van der Waals surface area (Å²) in [5.41, 5.74) is 4.72. The first-order valence-electron chi connectivity index (χ1n) is 9.22. The van der Waals surface area contributed by atoms with Crippen molar-refractivity contribution in [1.82, 2.24) is 14.5 Å². The number of carbonyl (C=O) groups excluding carboxylic acids is 1. The van der Waals surface area contributed by atoms with E-state index in [0.717, 1.165) is 35.1 Å². The van der Waals surface area contributed by atoms with Gasteiger partial charge in [0.1, 0.15) is 12.3 Å². The van der Waals surface area contributed by atoms with Crippen LogP contribution in [0.25, 0.3) is 21.8 Å². The topological polar surface area (TPSA) is 50.3 Å². The lowest BCUT2D eigenvalue weighted by molar-refractivity contribution is -0.132. The highest BCUT2D eigenvalue weighted by Gasteiger charge is 2.24. The number of hydrogen-bond acceptors (Lipinski definition) is 2. The summed E-state index contributed by atoms with van der Waals surface area (Å²) >= 11 is 0. The summed E-state index contributed by atoms with van der Waals surface area (Å²) in [6, 6.07) is 16.3. The van der Waals surface area contributed by atoms with Crippen molar-refractivity contribution in [3.63, 3.8) is 0 Å². The summed E-state index contributed by atoms with van der Waals surface area (Å²) in [7, 11) is 1.66. The minimum absolute atomic E-state index is 0.152. The normalized spacial score (nSPS) is 13.9. The Morgan fingerprint density at radius 3 is 2.96 bits per heavy atom. The molecule has 5 nitrogen and oxygen atoms in total. The number of carbonyl (C=O) groups is 1. The molecular weight excluding hydrogens is 338 g/mol. The Labute approximate surface area is 157 Å². The smallest absolute Gasteiger partial charge is 0.242 e. The lowest BCUT2D eigenvalue weighted by Crippen LogP contribution is -2.37. The van der Waals surface area contributed by atoms with E-state index in [1.807, 2.05) is 46.0 Å². The van der Waals surface area contributed by atoms with E-state index in [-0.39, 0.29) is 5.91 Å². The fourth-order valence-corrected chi connectivity index (χ4v) is 4.07. The van der Waals surface area contributed by atoms with E-state index in [9.17, 15) is 4.79 Å². The number of methoxy groups -OCH3 is 1. The molecule has 0 unspecified atom stereocenters. The maximum absolute atomic E-state index is 13.0. The zero-order chi connectivity index (χ0) is 18.4. The zero-order valence-corrected chi connectivity index (χ0v) is 15.2. The van der Waals surface area contributed by atoms with E-state index in [0.29, 0.717) is 13.1 Å². The molecule has 1 N–H and O–H groups in total. The predicted octanol–water partition coefficient (Wildman–Crippen LogP) is 3.72. The van der Waals surface area contributed by atoms with Crippen LogP contribution in [0.2, 0.25) is 0 Å². The van der Waals surface area contributed by atoms with Gasteiger partial charge in [0, 0.05) is 58.8 Å². The van der Waals surface area contributed by atoms with Gasteiger partial charge in [0.15, 0.2) is 0 Å². The van der Waals surface area contributed by atoms with Gasteiger partial charge in [-0.1, -0.05) is 18.2 Å². The van der Waals surface area contributed by atoms with Crippen LogP contribution in [0.5, 0.6) is 5.75 Å². The van der Waals surface area contributed by atoms with Crippen molar-refractivity contribution in [2.24, 2.45) is 0 Å². The van der Waals surface area contributed by atoms with Crippen molar-refractivity contribution < 1.29 is 9.53 Å². The molecule has 4 aromatic rings. The van der Waals surface area contributed by atoms with Crippen LogP contribution in [0.1, 0.15) is 11.3 Å². The maximum Gasteiger partial charge on any atom is 0.242 e. The summed E-state index contributed by atoms with van der Waals surface area (Å²) in [4.78, 5) is 18.4. The Morgan fingerprint density at radius 2 is 2.07 bits per heavy atom. The highest BCUT2D eigenvalue weighted by atomic mass is 16.5. The van der Waals surface area contributed by atoms with Crippen LogP contribution < -0.4 is 4.74 Å². The first-order chi connectivity index (χ1) is 13.2. The van der Waals surface area contributed by atoms with E-state index in [1.165, 1.54) is 16.6 Å². The van der Waals surface area contributed by atoms with Crippen LogP contribution in [-0.2, 0) is 24.3 Å². The van der Waals surface area contributed by atoms with E-state index < -0.39 is 0 Å². The number of nitrogens with one attached hydrogen (secondary N) is 1. The molecule has 2 aromatic carbocycles. The van der Waals surface area contributed by atoms with Gasteiger partial charge < -0.3 is 19.2 Å². The van der Waals surface area contributed by atoms with Crippen molar-refractivity contribution in [3.05, 3.63) is 66.0 Å².